The number of thiazole rings is 1. The number of fused-ring (bicyclic) bond motifs is 1. The average Bonchev–Trinajstić information content (AvgIpc) is 2.91. The number of non-ortho nitro benzene ring substituents is 1. The molecule has 3 aromatic rings. The van der Waals surface area contributed by atoms with Crippen molar-refractivity contribution in [2.24, 2.45) is 4.99 Å². The smallest absolute Gasteiger partial charge is 0.282 e. The van der Waals surface area contributed by atoms with E-state index in [-0.39, 0.29) is 22.6 Å². The molecule has 0 aliphatic rings. The van der Waals surface area contributed by atoms with Crippen molar-refractivity contribution in [1.29, 1.82) is 0 Å². The highest BCUT2D eigenvalue weighted by Gasteiger charge is 2.15. The number of carbonyl (C=O) groups excluding carboxylic acids is 1. The Balaban J connectivity index is 2.17. The van der Waals surface area contributed by atoms with Crippen molar-refractivity contribution in [2.75, 3.05) is 0 Å². The van der Waals surface area contributed by atoms with E-state index in [9.17, 15) is 23.7 Å². The predicted octanol–water partition coefficient (Wildman–Crippen LogP) is 3.26. The Morgan fingerprint density at radius 2 is 2.08 bits per heavy atom. The molecule has 9 heteroatoms. The topological polar surface area (TPSA) is 77.5 Å². The van der Waals surface area contributed by atoms with Gasteiger partial charge in [-0.25, -0.2) is 8.78 Å². The van der Waals surface area contributed by atoms with Gasteiger partial charge >= 0.3 is 0 Å². The van der Waals surface area contributed by atoms with E-state index in [1.807, 2.05) is 0 Å². The number of nitrogens with zero attached hydrogens (tertiary/aromatic N) is 3. The number of nitro benzene ring substituents is 1. The molecule has 0 radical (unpaired) electrons. The molecule has 130 valence electrons. The number of aromatic nitrogens is 1. The first kappa shape index (κ1) is 17.4. The van der Waals surface area contributed by atoms with Crippen LogP contribution in [0.5, 0.6) is 0 Å². The van der Waals surface area contributed by atoms with E-state index in [2.05, 4.69) is 10.9 Å². The van der Waals surface area contributed by atoms with Crippen molar-refractivity contribution >= 4 is 33.1 Å². The molecular formula is C17H9F2N3O3S. The fourth-order valence-corrected chi connectivity index (χ4v) is 3.38. The largest absolute Gasteiger partial charge is 0.305 e. The minimum atomic E-state index is -1.03. The number of carbonyl (C=O) groups is 1. The molecule has 3 rings (SSSR count). The Hall–Kier alpha value is -3.38. The summed E-state index contributed by atoms with van der Waals surface area (Å²) in [5.41, 5.74) is 0.0563. The monoisotopic (exact) mass is 373 g/mol. The summed E-state index contributed by atoms with van der Waals surface area (Å²) in [4.78, 5) is 26.7. The Labute approximate surface area is 149 Å². The van der Waals surface area contributed by atoms with Crippen LogP contribution in [0.3, 0.4) is 0 Å². The maximum Gasteiger partial charge on any atom is 0.282 e. The van der Waals surface area contributed by atoms with Crippen LogP contribution >= 0.6 is 11.3 Å². The van der Waals surface area contributed by atoms with E-state index in [0.29, 0.717) is 16.3 Å². The third-order valence-electron chi connectivity index (χ3n) is 3.49. The van der Waals surface area contributed by atoms with Crippen molar-refractivity contribution < 1.29 is 18.5 Å². The summed E-state index contributed by atoms with van der Waals surface area (Å²) < 4.78 is 28.8. The number of hydrogen-bond donors (Lipinski definition) is 0. The van der Waals surface area contributed by atoms with E-state index in [1.165, 1.54) is 22.8 Å². The summed E-state index contributed by atoms with van der Waals surface area (Å²) in [6, 6.07) is 6.70. The standard InChI is InChI=1S/C17H9F2N3O3S/c1-2-7-21-14-6-4-11(22(24)25)9-15(14)26-17(21)20-16(23)12-5-3-10(18)8-13(12)19/h1,3-6,8-9H,7H2. The molecule has 26 heavy (non-hydrogen) atoms. The van der Waals surface area contributed by atoms with Crippen LogP contribution in [0.1, 0.15) is 10.4 Å². The lowest BCUT2D eigenvalue weighted by Gasteiger charge is -2.00. The van der Waals surface area contributed by atoms with Gasteiger partial charge in [-0.15, -0.1) is 6.42 Å². The highest BCUT2D eigenvalue weighted by atomic mass is 32.1. The Morgan fingerprint density at radius 3 is 2.73 bits per heavy atom. The molecule has 6 nitrogen and oxygen atoms in total. The highest BCUT2D eigenvalue weighted by molar-refractivity contribution is 7.16. The van der Waals surface area contributed by atoms with Crippen molar-refractivity contribution in [1.82, 2.24) is 4.57 Å². The molecule has 0 fully saturated rings. The zero-order valence-corrected chi connectivity index (χ0v) is 13.8. The maximum atomic E-state index is 13.8. The molecule has 1 heterocycles. The van der Waals surface area contributed by atoms with Gasteiger partial charge in [0, 0.05) is 18.2 Å². The van der Waals surface area contributed by atoms with Gasteiger partial charge in [0.05, 0.1) is 27.2 Å². The zero-order valence-electron chi connectivity index (χ0n) is 13.0. The molecule has 0 aliphatic carbocycles. The quantitative estimate of drug-likeness (QED) is 0.402. The molecule has 0 saturated heterocycles. The molecule has 0 spiro atoms. The zero-order chi connectivity index (χ0) is 18.8. The van der Waals surface area contributed by atoms with Crippen molar-refractivity contribution in [3.63, 3.8) is 0 Å². The molecule has 2 aromatic carbocycles. The van der Waals surface area contributed by atoms with E-state index in [4.69, 9.17) is 6.42 Å². The third kappa shape index (κ3) is 3.22. The molecular weight excluding hydrogens is 364 g/mol. The molecule has 0 saturated carbocycles. The SMILES string of the molecule is C#CCn1c(=NC(=O)c2ccc(F)cc2F)sc2cc([N+](=O)[O-])ccc21. The van der Waals surface area contributed by atoms with E-state index in [0.717, 1.165) is 23.5 Å². The summed E-state index contributed by atoms with van der Waals surface area (Å²) in [6.07, 6.45) is 5.34. The van der Waals surface area contributed by atoms with Gasteiger partial charge in [0.1, 0.15) is 11.6 Å². The maximum absolute atomic E-state index is 13.8. The number of nitro groups is 1. The van der Waals surface area contributed by atoms with E-state index in [1.54, 1.807) is 0 Å². The fourth-order valence-electron chi connectivity index (χ4n) is 2.31. The van der Waals surface area contributed by atoms with Gasteiger partial charge in [-0.3, -0.25) is 14.9 Å². The first-order valence-corrected chi connectivity index (χ1v) is 7.97. The second-order valence-electron chi connectivity index (χ2n) is 5.13. The molecule has 1 aromatic heterocycles. The van der Waals surface area contributed by atoms with Gasteiger partial charge in [-0.1, -0.05) is 17.3 Å². The lowest BCUT2D eigenvalue weighted by Crippen LogP contribution is -2.17. The molecule has 0 aliphatic heterocycles. The lowest BCUT2D eigenvalue weighted by molar-refractivity contribution is -0.384. The van der Waals surface area contributed by atoms with Crippen LogP contribution in [-0.2, 0) is 6.54 Å². The molecule has 0 unspecified atom stereocenters. The van der Waals surface area contributed by atoms with E-state index < -0.39 is 22.5 Å². The second kappa shape index (κ2) is 6.85. The number of benzene rings is 2. The van der Waals surface area contributed by atoms with Crippen LogP contribution in [0, 0.1) is 34.1 Å². The van der Waals surface area contributed by atoms with Crippen molar-refractivity contribution in [3.05, 3.63) is 68.5 Å². The van der Waals surface area contributed by atoms with Gasteiger partial charge in [-0.2, -0.15) is 4.99 Å². The van der Waals surface area contributed by atoms with Crippen LogP contribution in [0.4, 0.5) is 14.5 Å². The summed E-state index contributed by atoms with van der Waals surface area (Å²) in [7, 11) is 0. The fraction of sp³-hybridized carbons (Fsp3) is 0.0588. The van der Waals surface area contributed by atoms with Crippen LogP contribution in [0.15, 0.2) is 41.4 Å². The van der Waals surface area contributed by atoms with Gasteiger partial charge in [0.2, 0.25) is 0 Å². The number of rotatable bonds is 3. The van der Waals surface area contributed by atoms with Gasteiger partial charge in [-0.05, 0) is 18.2 Å². The van der Waals surface area contributed by atoms with Gasteiger partial charge in [0.15, 0.2) is 4.80 Å². The summed E-state index contributed by atoms with van der Waals surface area (Å²) in [5, 5.41) is 10.9. The Kier molecular flexibility index (Phi) is 4.60. The Morgan fingerprint density at radius 1 is 1.31 bits per heavy atom. The van der Waals surface area contributed by atoms with Crippen molar-refractivity contribution in [2.45, 2.75) is 6.54 Å². The molecule has 1 amide bonds. The van der Waals surface area contributed by atoms with E-state index >= 15 is 0 Å². The Bertz CT molecular complexity index is 1160. The first-order chi connectivity index (χ1) is 12.4. The number of hydrogen-bond acceptors (Lipinski definition) is 4. The number of terminal acetylenes is 1. The minimum absolute atomic E-state index is 0.0653. The van der Waals surface area contributed by atoms with Gasteiger partial charge in [0.25, 0.3) is 11.6 Å². The predicted molar refractivity (Wildman–Crippen MR) is 91.6 cm³/mol. The average molecular weight is 373 g/mol. The normalized spacial score (nSPS) is 11.5. The first-order valence-electron chi connectivity index (χ1n) is 7.16. The van der Waals surface area contributed by atoms with Crippen molar-refractivity contribution in [3.8, 4) is 12.3 Å². The molecule has 0 atom stereocenters. The van der Waals surface area contributed by atoms with Crippen LogP contribution < -0.4 is 4.80 Å². The highest BCUT2D eigenvalue weighted by Crippen LogP contribution is 2.23. The third-order valence-corrected chi connectivity index (χ3v) is 4.53. The molecule has 0 N–H and O–H groups in total. The summed E-state index contributed by atoms with van der Waals surface area (Å²) in [5.74, 6) is -0.334. The number of halogens is 2. The second-order valence-corrected chi connectivity index (χ2v) is 6.13. The van der Waals surface area contributed by atoms with Crippen LogP contribution in [-0.4, -0.2) is 15.4 Å². The number of amides is 1. The minimum Gasteiger partial charge on any atom is -0.305 e. The van der Waals surface area contributed by atoms with Gasteiger partial charge < -0.3 is 4.57 Å². The lowest BCUT2D eigenvalue weighted by atomic mass is 10.2. The molecule has 0 bridgehead atoms. The summed E-state index contributed by atoms with van der Waals surface area (Å²) in [6.45, 7) is 0.0653. The van der Waals surface area contributed by atoms with Crippen LogP contribution in [0.25, 0.3) is 10.2 Å². The summed E-state index contributed by atoms with van der Waals surface area (Å²) >= 11 is 1.01. The van der Waals surface area contributed by atoms with Crippen LogP contribution in [0.2, 0.25) is 0 Å².